The van der Waals surface area contributed by atoms with Gasteiger partial charge in [-0.2, -0.15) is 5.10 Å². The topological polar surface area (TPSA) is 81.1 Å². The summed E-state index contributed by atoms with van der Waals surface area (Å²) in [7, 11) is -3.02. The van der Waals surface area contributed by atoms with Gasteiger partial charge < -0.3 is 5.32 Å². The molecule has 27 heavy (non-hydrogen) atoms. The molecular weight excluding hydrogens is 382 g/mol. The molecule has 1 atom stereocenters. The van der Waals surface area contributed by atoms with E-state index >= 15 is 0 Å². The van der Waals surface area contributed by atoms with Gasteiger partial charge in [-0.15, -0.1) is 11.3 Å². The molecule has 4 rings (SSSR count). The van der Waals surface area contributed by atoms with Crippen LogP contribution in [0, 0.1) is 0 Å². The van der Waals surface area contributed by atoms with Gasteiger partial charge in [-0.25, -0.2) is 8.42 Å². The molecule has 146 valence electrons. The van der Waals surface area contributed by atoms with Gasteiger partial charge in [0, 0.05) is 6.04 Å². The Balaban J connectivity index is 1.60. The molecule has 1 N–H and O–H groups in total. The highest BCUT2D eigenvalue weighted by Gasteiger charge is 2.32. The Labute approximate surface area is 163 Å². The zero-order chi connectivity index (χ0) is 18.9. The quantitative estimate of drug-likeness (QED) is 0.788. The molecule has 6 nitrogen and oxygen atoms in total. The molecule has 3 heterocycles. The molecule has 1 amide bonds. The second kappa shape index (κ2) is 7.75. The van der Waals surface area contributed by atoms with Gasteiger partial charge in [-0.05, 0) is 36.8 Å². The number of thiophene rings is 1. The number of amides is 1. The van der Waals surface area contributed by atoms with Crippen LogP contribution in [0.1, 0.15) is 61.5 Å². The molecule has 1 saturated carbocycles. The zero-order valence-electron chi connectivity index (χ0n) is 15.3. The van der Waals surface area contributed by atoms with E-state index in [1.165, 1.54) is 12.8 Å². The maximum absolute atomic E-state index is 12.8. The minimum absolute atomic E-state index is 0.0940. The van der Waals surface area contributed by atoms with Gasteiger partial charge in [0.05, 0.1) is 28.1 Å². The van der Waals surface area contributed by atoms with Crippen LogP contribution in [0.2, 0.25) is 0 Å². The summed E-state index contributed by atoms with van der Waals surface area (Å²) >= 11 is 1.57. The lowest BCUT2D eigenvalue weighted by molar-refractivity contribution is 0.0927. The summed E-state index contributed by atoms with van der Waals surface area (Å²) in [5, 5.41) is 9.66. The third kappa shape index (κ3) is 4.27. The molecule has 1 aliphatic carbocycles. The first-order valence-corrected chi connectivity index (χ1v) is 12.4. The molecule has 2 fully saturated rings. The van der Waals surface area contributed by atoms with Gasteiger partial charge in [0.25, 0.3) is 5.91 Å². The molecule has 0 bridgehead atoms. The highest BCUT2D eigenvalue weighted by Crippen LogP contribution is 2.32. The summed E-state index contributed by atoms with van der Waals surface area (Å²) in [4.78, 5) is 13.8. The fourth-order valence-electron chi connectivity index (χ4n) is 4.04. The molecule has 0 spiro atoms. The standard InChI is InChI=1S/C19H25N3O3S2/c23-19(20-14-6-3-1-2-4-7-14)16-12-17(18-8-5-10-26-18)22(21-16)15-9-11-27(24,25)13-15/h5,8,10,12,14-15H,1-4,6-7,9,11,13H2,(H,20,23). The van der Waals surface area contributed by atoms with Gasteiger partial charge in [0.1, 0.15) is 0 Å². The van der Waals surface area contributed by atoms with Crippen molar-refractivity contribution < 1.29 is 13.2 Å². The van der Waals surface area contributed by atoms with Gasteiger partial charge in [0.2, 0.25) is 0 Å². The van der Waals surface area contributed by atoms with Crippen molar-refractivity contribution in [3.8, 4) is 10.6 Å². The lowest BCUT2D eigenvalue weighted by atomic mass is 10.1. The SMILES string of the molecule is O=C(NC1CCCCCC1)c1cc(-c2cccs2)n(C2CCS(=O)(=O)C2)n1. The van der Waals surface area contributed by atoms with E-state index in [1.807, 2.05) is 23.6 Å². The summed E-state index contributed by atoms with van der Waals surface area (Å²) in [5.41, 5.74) is 1.21. The first-order chi connectivity index (χ1) is 13.0. The highest BCUT2D eigenvalue weighted by atomic mass is 32.2. The molecule has 0 radical (unpaired) electrons. The molecule has 8 heteroatoms. The van der Waals surface area contributed by atoms with Crippen molar-refractivity contribution in [3.63, 3.8) is 0 Å². The molecule has 1 aliphatic heterocycles. The lowest BCUT2D eigenvalue weighted by Crippen LogP contribution is -2.34. The largest absolute Gasteiger partial charge is 0.348 e. The monoisotopic (exact) mass is 407 g/mol. The molecule has 1 saturated heterocycles. The smallest absolute Gasteiger partial charge is 0.272 e. The van der Waals surface area contributed by atoms with Crippen molar-refractivity contribution in [2.45, 2.75) is 57.0 Å². The maximum atomic E-state index is 12.8. The van der Waals surface area contributed by atoms with E-state index in [9.17, 15) is 13.2 Å². The third-order valence-electron chi connectivity index (χ3n) is 5.49. The van der Waals surface area contributed by atoms with E-state index in [4.69, 9.17) is 0 Å². The van der Waals surface area contributed by atoms with Crippen molar-refractivity contribution in [2.24, 2.45) is 0 Å². The van der Waals surface area contributed by atoms with Crippen LogP contribution in [0.4, 0.5) is 0 Å². The van der Waals surface area contributed by atoms with E-state index in [2.05, 4.69) is 10.4 Å². The Morgan fingerprint density at radius 1 is 1.19 bits per heavy atom. The Hall–Kier alpha value is -1.67. The number of nitrogens with one attached hydrogen (secondary N) is 1. The van der Waals surface area contributed by atoms with E-state index < -0.39 is 9.84 Å². The Morgan fingerprint density at radius 2 is 1.96 bits per heavy atom. The second-order valence-electron chi connectivity index (χ2n) is 7.56. The molecular formula is C19H25N3O3S2. The fraction of sp³-hybridized carbons (Fsp3) is 0.579. The van der Waals surface area contributed by atoms with Crippen LogP contribution in [0.5, 0.6) is 0 Å². The number of hydrogen-bond acceptors (Lipinski definition) is 5. The van der Waals surface area contributed by atoms with Crippen LogP contribution in [0.3, 0.4) is 0 Å². The molecule has 2 aromatic heterocycles. The average molecular weight is 408 g/mol. The number of carbonyl (C=O) groups excluding carboxylic acids is 1. The Bertz CT molecular complexity index is 895. The highest BCUT2D eigenvalue weighted by molar-refractivity contribution is 7.91. The summed E-state index contributed by atoms with van der Waals surface area (Å²) < 4.78 is 25.6. The number of rotatable bonds is 4. The van der Waals surface area contributed by atoms with Crippen LogP contribution in [0.15, 0.2) is 23.6 Å². The van der Waals surface area contributed by atoms with Crippen LogP contribution in [0.25, 0.3) is 10.6 Å². The molecule has 2 aromatic rings. The first-order valence-electron chi connectivity index (χ1n) is 9.66. The van der Waals surface area contributed by atoms with Gasteiger partial charge in [-0.3, -0.25) is 9.48 Å². The minimum Gasteiger partial charge on any atom is -0.348 e. The van der Waals surface area contributed by atoms with Crippen molar-refractivity contribution in [2.75, 3.05) is 11.5 Å². The zero-order valence-corrected chi connectivity index (χ0v) is 16.9. The van der Waals surface area contributed by atoms with Crippen LogP contribution < -0.4 is 5.32 Å². The summed E-state index contributed by atoms with van der Waals surface area (Å²) in [6, 6.07) is 5.75. The number of nitrogens with zero attached hydrogens (tertiary/aromatic N) is 2. The predicted molar refractivity (Wildman–Crippen MR) is 107 cm³/mol. The minimum atomic E-state index is -3.02. The van der Waals surface area contributed by atoms with E-state index in [0.717, 1.165) is 36.3 Å². The predicted octanol–water partition coefficient (Wildman–Crippen LogP) is 3.42. The summed E-state index contributed by atoms with van der Waals surface area (Å²) in [5.74, 6) is 0.126. The number of hydrogen-bond donors (Lipinski definition) is 1. The van der Waals surface area contributed by atoms with E-state index in [0.29, 0.717) is 12.1 Å². The van der Waals surface area contributed by atoms with Gasteiger partial charge >= 0.3 is 0 Å². The second-order valence-corrected chi connectivity index (χ2v) is 10.7. The summed E-state index contributed by atoms with van der Waals surface area (Å²) in [6.07, 6.45) is 7.36. The molecule has 0 aromatic carbocycles. The Kier molecular flexibility index (Phi) is 5.36. The average Bonchev–Trinajstić information content (AvgIpc) is 3.32. The lowest BCUT2D eigenvalue weighted by Gasteiger charge is -2.15. The van der Waals surface area contributed by atoms with Gasteiger partial charge in [0.15, 0.2) is 15.5 Å². The molecule has 1 unspecified atom stereocenters. The van der Waals surface area contributed by atoms with Crippen molar-refractivity contribution in [3.05, 3.63) is 29.3 Å². The van der Waals surface area contributed by atoms with Gasteiger partial charge in [-0.1, -0.05) is 31.7 Å². The van der Waals surface area contributed by atoms with Crippen molar-refractivity contribution in [1.29, 1.82) is 0 Å². The van der Waals surface area contributed by atoms with Crippen LogP contribution >= 0.6 is 11.3 Å². The third-order valence-corrected chi connectivity index (χ3v) is 8.13. The first kappa shape index (κ1) is 18.7. The van der Waals surface area contributed by atoms with Crippen molar-refractivity contribution >= 4 is 27.1 Å². The normalized spacial score (nSPS) is 23.2. The maximum Gasteiger partial charge on any atom is 0.272 e. The summed E-state index contributed by atoms with van der Waals surface area (Å²) in [6.45, 7) is 0. The van der Waals surface area contributed by atoms with E-state index in [-0.39, 0.29) is 29.5 Å². The van der Waals surface area contributed by atoms with Crippen LogP contribution in [-0.2, 0) is 9.84 Å². The Morgan fingerprint density at radius 3 is 2.59 bits per heavy atom. The number of carbonyl (C=O) groups is 1. The van der Waals surface area contributed by atoms with Crippen LogP contribution in [-0.4, -0.2) is 41.7 Å². The number of aromatic nitrogens is 2. The van der Waals surface area contributed by atoms with Crippen molar-refractivity contribution in [1.82, 2.24) is 15.1 Å². The van der Waals surface area contributed by atoms with E-state index in [1.54, 1.807) is 16.0 Å². The number of sulfone groups is 1. The molecule has 2 aliphatic rings. The fourth-order valence-corrected chi connectivity index (χ4v) is 6.47.